The second-order valence-corrected chi connectivity index (χ2v) is 8.20. The van der Waals surface area contributed by atoms with Crippen LogP contribution >= 0.6 is 23.1 Å². The minimum atomic E-state index is -0.172. The van der Waals surface area contributed by atoms with Gasteiger partial charge < -0.3 is 4.90 Å². The van der Waals surface area contributed by atoms with Gasteiger partial charge in [0.15, 0.2) is 5.82 Å². The van der Waals surface area contributed by atoms with Gasteiger partial charge in [0, 0.05) is 13.1 Å². The van der Waals surface area contributed by atoms with E-state index in [9.17, 15) is 4.79 Å². The number of nitrogens with zero attached hydrogens (tertiary/aromatic N) is 3. The van der Waals surface area contributed by atoms with Gasteiger partial charge in [-0.3, -0.25) is 9.89 Å². The summed E-state index contributed by atoms with van der Waals surface area (Å²) >= 11 is 3.04. The second-order valence-electron chi connectivity index (χ2n) is 5.94. The molecule has 0 saturated heterocycles. The molecule has 0 spiro atoms. The van der Waals surface area contributed by atoms with E-state index in [0.717, 1.165) is 23.5 Å². The van der Waals surface area contributed by atoms with Gasteiger partial charge in [-0.25, -0.2) is 4.98 Å². The number of nitrogens with one attached hydrogen (secondary N) is 1. The molecule has 5 nitrogen and oxygen atoms in total. The Hall–Kier alpha value is -1.34. The van der Waals surface area contributed by atoms with E-state index in [4.69, 9.17) is 0 Å². The average molecular weight is 351 g/mol. The number of H-pyrrole nitrogens is 1. The third-order valence-corrected chi connectivity index (χ3v) is 6.14. The lowest BCUT2D eigenvalue weighted by atomic mass is 9.94. The first-order chi connectivity index (χ1) is 11.1. The quantitative estimate of drug-likeness (QED) is 0.833. The molecule has 1 atom stereocenters. The Labute approximate surface area is 144 Å². The van der Waals surface area contributed by atoms with Crippen LogP contribution < -0.4 is 0 Å². The molecule has 23 heavy (non-hydrogen) atoms. The van der Waals surface area contributed by atoms with Crippen LogP contribution in [0.4, 0.5) is 0 Å². The lowest BCUT2D eigenvalue weighted by Crippen LogP contribution is -2.42. The van der Waals surface area contributed by atoms with E-state index >= 15 is 0 Å². The zero-order chi connectivity index (χ0) is 16.2. The Morgan fingerprint density at radius 2 is 2.22 bits per heavy atom. The number of aromatic amines is 1. The van der Waals surface area contributed by atoms with Crippen molar-refractivity contribution in [2.24, 2.45) is 0 Å². The van der Waals surface area contributed by atoms with E-state index in [-0.39, 0.29) is 11.2 Å². The summed E-state index contributed by atoms with van der Waals surface area (Å²) in [6, 6.07) is 4.39. The molecule has 1 aliphatic carbocycles. The lowest BCUT2D eigenvalue weighted by molar-refractivity contribution is -0.131. The van der Waals surface area contributed by atoms with Crippen LogP contribution in [0.2, 0.25) is 0 Å². The first-order valence-corrected chi connectivity index (χ1v) is 9.80. The van der Waals surface area contributed by atoms with Crippen molar-refractivity contribution in [1.82, 2.24) is 20.1 Å². The molecule has 1 unspecified atom stereocenters. The summed E-state index contributed by atoms with van der Waals surface area (Å²) in [6.45, 7) is 1.94. The first-order valence-electron chi connectivity index (χ1n) is 8.05. The molecule has 0 bridgehead atoms. The highest BCUT2D eigenvalue weighted by atomic mass is 32.2. The highest BCUT2D eigenvalue weighted by Crippen LogP contribution is 2.28. The average Bonchev–Trinajstić information content (AvgIpc) is 3.25. The maximum Gasteiger partial charge on any atom is 0.235 e. The predicted molar refractivity (Wildman–Crippen MR) is 94.7 cm³/mol. The van der Waals surface area contributed by atoms with Crippen LogP contribution in [0.25, 0.3) is 10.7 Å². The number of aromatic nitrogens is 3. The molecule has 124 valence electrons. The van der Waals surface area contributed by atoms with E-state index in [0.29, 0.717) is 11.2 Å². The monoisotopic (exact) mass is 350 g/mol. The minimum Gasteiger partial charge on any atom is -0.342 e. The maximum atomic E-state index is 12.6. The number of thiophene rings is 1. The second kappa shape index (κ2) is 7.49. The summed E-state index contributed by atoms with van der Waals surface area (Å²) < 4.78 is 0. The summed E-state index contributed by atoms with van der Waals surface area (Å²) in [5, 5.41) is 9.65. The zero-order valence-electron chi connectivity index (χ0n) is 13.5. The van der Waals surface area contributed by atoms with Gasteiger partial charge >= 0.3 is 0 Å². The van der Waals surface area contributed by atoms with Gasteiger partial charge in [-0.05, 0) is 31.2 Å². The molecule has 1 fully saturated rings. The van der Waals surface area contributed by atoms with Gasteiger partial charge in [0.05, 0.1) is 10.1 Å². The van der Waals surface area contributed by atoms with Crippen LogP contribution in [0.3, 0.4) is 0 Å². The van der Waals surface area contributed by atoms with E-state index in [1.807, 2.05) is 36.4 Å². The molecule has 0 radical (unpaired) electrons. The maximum absolute atomic E-state index is 12.6. The van der Waals surface area contributed by atoms with Crippen LogP contribution in [0.5, 0.6) is 0 Å². The fourth-order valence-corrected chi connectivity index (χ4v) is 4.46. The van der Waals surface area contributed by atoms with Gasteiger partial charge in [-0.1, -0.05) is 37.1 Å². The van der Waals surface area contributed by atoms with Crippen molar-refractivity contribution in [3.8, 4) is 10.7 Å². The fraction of sp³-hybridized carbons (Fsp3) is 0.562. The van der Waals surface area contributed by atoms with Gasteiger partial charge in [-0.15, -0.1) is 16.4 Å². The summed E-state index contributed by atoms with van der Waals surface area (Å²) in [7, 11) is 1.93. The van der Waals surface area contributed by atoms with E-state index < -0.39 is 0 Å². The Morgan fingerprint density at radius 3 is 2.91 bits per heavy atom. The van der Waals surface area contributed by atoms with E-state index in [1.54, 1.807) is 11.3 Å². The molecule has 1 N–H and O–H groups in total. The third-order valence-electron chi connectivity index (χ3n) is 4.32. The van der Waals surface area contributed by atoms with Crippen LogP contribution in [0.15, 0.2) is 22.7 Å². The standard InChI is InChI=1S/C16H22N4OS2/c1-11(15(21)20(2)12-7-4-3-5-8-12)23-16-17-14(18-19-16)13-9-6-10-22-13/h6,9-12H,3-5,7-8H2,1-2H3,(H,17,18,19). The number of hydrogen-bond acceptors (Lipinski definition) is 5. The number of hydrogen-bond donors (Lipinski definition) is 1. The van der Waals surface area contributed by atoms with Crippen molar-refractivity contribution < 1.29 is 4.79 Å². The van der Waals surface area contributed by atoms with Gasteiger partial charge in [0.1, 0.15) is 0 Å². The smallest absolute Gasteiger partial charge is 0.235 e. The van der Waals surface area contributed by atoms with Crippen molar-refractivity contribution in [2.75, 3.05) is 7.05 Å². The van der Waals surface area contributed by atoms with E-state index in [2.05, 4.69) is 15.2 Å². The summed E-state index contributed by atoms with van der Waals surface area (Å²) in [4.78, 5) is 20.1. The van der Waals surface area contributed by atoms with Crippen LogP contribution in [0.1, 0.15) is 39.0 Å². The number of carbonyl (C=O) groups is 1. The van der Waals surface area contributed by atoms with Crippen molar-refractivity contribution in [3.05, 3.63) is 17.5 Å². The number of amides is 1. The van der Waals surface area contributed by atoms with Crippen molar-refractivity contribution in [2.45, 2.75) is 55.5 Å². The Bertz CT molecular complexity index is 634. The number of rotatable bonds is 5. The zero-order valence-corrected chi connectivity index (χ0v) is 15.1. The molecule has 3 rings (SSSR count). The molecule has 1 saturated carbocycles. The van der Waals surface area contributed by atoms with Gasteiger partial charge in [-0.2, -0.15) is 0 Å². The van der Waals surface area contributed by atoms with E-state index in [1.165, 1.54) is 31.0 Å². The van der Waals surface area contributed by atoms with Crippen molar-refractivity contribution >= 4 is 29.0 Å². The molecule has 1 amide bonds. The molecular formula is C16H22N4OS2. The van der Waals surface area contributed by atoms with Crippen LogP contribution in [-0.2, 0) is 4.79 Å². The summed E-state index contributed by atoms with van der Waals surface area (Å²) in [5.41, 5.74) is 0. The van der Waals surface area contributed by atoms with Crippen LogP contribution in [-0.4, -0.2) is 44.3 Å². The lowest BCUT2D eigenvalue weighted by Gasteiger charge is -2.32. The molecular weight excluding hydrogens is 328 g/mol. The van der Waals surface area contributed by atoms with Crippen molar-refractivity contribution in [3.63, 3.8) is 0 Å². The fourth-order valence-electron chi connectivity index (χ4n) is 2.97. The predicted octanol–water partition coefficient (Wildman–Crippen LogP) is 3.80. The summed E-state index contributed by atoms with van der Waals surface area (Å²) in [6.07, 6.45) is 6.01. The Kier molecular flexibility index (Phi) is 5.38. The molecule has 2 heterocycles. The molecule has 2 aromatic heterocycles. The normalized spacial score (nSPS) is 17.1. The number of carbonyl (C=O) groups excluding carboxylic acids is 1. The van der Waals surface area contributed by atoms with Crippen molar-refractivity contribution in [1.29, 1.82) is 0 Å². The molecule has 7 heteroatoms. The number of thioether (sulfide) groups is 1. The molecule has 0 aliphatic heterocycles. The molecule has 2 aromatic rings. The molecule has 0 aromatic carbocycles. The highest BCUT2D eigenvalue weighted by molar-refractivity contribution is 8.00. The summed E-state index contributed by atoms with van der Waals surface area (Å²) in [5.74, 6) is 0.937. The highest BCUT2D eigenvalue weighted by Gasteiger charge is 2.27. The SMILES string of the molecule is CC(Sc1n[nH]c(-c2cccs2)n1)C(=O)N(C)C1CCCCC1. The van der Waals surface area contributed by atoms with Gasteiger partial charge in [0.25, 0.3) is 0 Å². The van der Waals surface area contributed by atoms with Crippen LogP contribution in [0, 0.1) is 0 Å². The Morgan fingerprint density at radius 1 is 1.43 bits per heavy atom. The van der Waals surface area contributed by atoms with Gasteiger partial charge in [0.2, 0.25) is 11.1 Å². The third kappa shape index (κ3) is 3.95. The topological polar surface area (TPSA) is 61.9 Å². The largest absolute Gasteiger partial charge is 0.342 e. The Balaban J connectivity index is 1.59. The first kappa shape index (κ1) is 16.5. The molecule has 1 aliphatic rings. The minimum absolute atomic E-state index is 0.171.